The van der Waals surface area contributed by atoms with Gasteiger partial charge < -0.3 is 15.2 Å². The molecule has 0 saturated carbocycles. The number of rotatable bonds is 3. The number of amides is 1. The highest BCUT2D eigenvalue weighted by molar-refractivity contribution is 5.90. The van der Waals surface area contributed by atoms with Gasteiger partial charge in [0, 0.05) is 6.42 Å². The number of hydrogen-bond donors (Lipinski definition) is 2. The van der Waals surface area contributed by atoms with Crippen LogP contribution in [-0.2, 0) is 4.79 Å². The second-order valence-corrected chi connectivity index (χ2v) is 3.19. The molecule has 70 valence electrons. The Morgan fingerprint density at radius 2 is 2.62 bits per heavy atom. The first-order chi connectivity index (χ1) is 6.34. The third-order valence-electron chi connectivity index (χ3n) is 2.06. The SMILES string of the molecule is O=C(CC1CNC1)Nc1cnoc1. The van der Waals surface area contributed by atoms with Gasteiger partial charge in [-0.3, -0.25) is 4.79 Å². The first-order valence-corrected chi connectivity index (χ1v) is 4.24. The van der Waals surface area contributed by atoms with E-state index in [1.54, 1.807) is 0 Å². The molecule has 5 heteroatoms. The van der Waals surface area contributed by atoms with Crippen molar-refractivity contribution < 1.29 is 9.32 Å². The van der Waals surface area contributed by atoms with Gasteiger partial charge in [-0.05, 0) is 19.0 Å². The fraction of sp³-hybridized carbons (Fsp3) is 0.500. The van der Waals surface area contributed by atoms with Crippen LogP contribution in [0.2, 0.25) is 0 Å². The highest BCUT2D eigenvalue weighted by Crippen LogP contribution is 2.10. The van der Waals surface area contributed by atoms with Crippen molar-refractivity contribution in [2.75, 3.05) is 18.4 Å². The maximum absolute atomic E-state index is 11.3. The summed E-state index contributed by atoms with van der Waals surface area (Å²) in [5.74, 6) is 0.509. The highest BCUT2D eigenvalue weighted by Gasteiger charge is 2.20. The van der Waals surface area contributed by atoms with Crippen molar-refractivity contribution in [3.05, 3.63) is 12.5 Å². The maximum Gasteiger partial charge on any atom is 0.224 e. The topological polar surface area (TPSA) is 67.2 Å². The summed E-state index contributed by atoms with van der Waals surface area (Å²) in [7, 11) is 0. The van der Waals surface area contributed by atoms with Gasteiger partial charge in [-0.2, -0.15) is 0 Å². The summed E-state index contributed by atoms with van der Waals surface area (Å²) in [4.78, 5) is 11.3. The average molecular weight is 181 g/mol. The monoisotopic (exact) mass is 181 g/mol. The molecule has 0 atom stereocenters. The number of anilines is 1. The van der Waals surface area contributed by atoms with E-state index in [2.05, 4.69) is 20.3 Å². The Labute approximate surface area is 75.5 Å². The lowest BCUT2D eigenvalue weighted by atomic mass is 9.99. The molecule has 1 saturated heterocycles. The van der Waals surface area contributed by atoms with Crippen LogP contribution in [0.3, 0.4) is 0 Å². The standard InChI is InChI=1S/C8H11N3O2/c12-8(1-6-2-9-3-6)11-7-4-10-13-5-7/h4-6,9H,1-3H2,(H,11,12). The zero-order valence-electron chi connectivity index (χ0n) is 7.12. The smallest absolute Gasteiger partial charge is 0.224 e. The summed E-state index contributed by atoms with van der Waals surface area (Å²) in [5.41, 5.74) is 0.622. The van der Waals surface area contributed by atoms with Crippen LogP contribution in [0.1, 0.15) is 6.42 Å². The van der Waals surface area contributed by atoms with E-state index >= 15 is 0 Å². The van der Waals surface area contributed by atoms with E-state index in [1.165, 1.54) is 12.5 Å². The minimum atomic E-state index is 0.0229. The quantitative estimate of drug-likeness (QED) is 0.700. The van der Waals surface area contributed by atoms with E-state index in [0.29, 0.717) is 18.0 Å². The lowest BCUT2D eigenvalue weighted by molar-refractivity contribution is -0.117. The van der Waals surface area contributed by atoms with E-state index in [1.807, 2.05) is 0 Å². The summed E-state index contributed by atoms with van der Waals surface area (Å²) < 4.78 is 4.58. The molecule has 1 aliphatic rings. The van der Waals surface area contributed by atoms with Crippen LogP contribution in [-0.4, -0.2) is 24.2 Å². The van der Waals surface area contributed by atoms with Gasteiger partial charge in [-0.1, -0.05) is 5.16 Å². The van der Waals surface area contributed by atoms with Crippen molar-refractivity contribution in [2.45, 2.75) is 6.42 Å². The summed E-state index contributed by atoms with van der Waals surface area (Å²) >= 11 is 0. The summed E-state index contributed by atoms with van der Waals surface area (Å²) in [6, 6.07) is 0. The Balaban J connectivity index is 1.78. The molecule has 1 amide bonds. The lowest BCUT2D eigenvalue weighted by Crippen LogP contribution is -2.43. The van der Waals surface area contributed by atoms with Crippen LogP contribution in [0.4, 0.5) is 5.69 Å². The molecule has 0 aliphatic carbocycles. The predicted octanol–water partition coefficient (Wildman–Crippen LogP) is 0.223. The van der Waals surface area contributed by atoms with E-state index in [4.69, 9.17) is 0 Å². The summed E-state index contributed by atoms with van der Waals surface area (Å²) in [5, 5.41) is 9.30. The van der Waals surface area contributed by atoms with E-state index in [0.717, 1.165) is 13.1 Å². The number of carbonyl (C=O) groups is 1. The predicted molar refractivity (Wildman–Crippen MR) is 46.1 cm³/mol. The molecule has 0 unspecified atom stereocenters. The Kier molecular flexibility index (Phi) is 2.27. The molecule has 0 spiro atoms. The van der Waals surface area contributed by atoms with E-state index < -0.39 is 0 Å². The molecule has 1 fully saturated rings. The van der Waals surface area contributed by atoms with Crippen molar-refractivity contribution in [3.63, 3.8) is 0 Å². The van der Waals surface area contributed by atoms with Crippen LogP contribution in [0.5, 0.6) is 0 Å². The van der Waals surface area contributed by atoms with Crippen molar-refractivity contribution in [3.8, 4) is 0 Å². The zero-order valence-corrected chi connectivity index (χ0v) is 7.12. The van der Waals surface area contributed by atoms with Gasteiger partial charge >= 0.3 is 0 Å². The van der Waals surface area contributed by atoms with Gasteiger partial charge in [0.2, 0.25) is 5.91 Å². The zero-order chi connectivity index (χ0) is 9.10. The number of nitrogens with zero attached hydrogens (tertiary/aromatic N) is 1. The molecule has 0 aromatic carbocycles. The molecule has 1 aromatic heterocycles. The fourth-order valence-corrected chi connectivity index (χ4v) is 1.23. The summed E-state index contributed by atoms with van der Waals surface area (Å²) in [6.45, 7) is 1.88. The van der Waals surface area contributed by atoms with Crippen LogP contribution < -0.4 is 10.6 Å². The van der Waals surface area contributed by atoms with Crippen molar-refractivity contribution in [2.24, 2.45) is 5.92 Å². The van der Waals surface area contributed by atoms with Crippen molar-refractivity contribution in [1.29, 1.82) is 0 Å². The third kappa shape index (κ3) is 2.06. The number of carbonyl (C=O) groups excluding carboxylic acids is 1. The van der Waals surface area contributed by atoms with Crippen LogP contribution in [0.15, 0.2) is 17.0 Å². The number of aromatic nitrogens is 1. The average Bonchev–Trinajstić information content (AvgIpc) is 2.49. The molecule has 1 aliphatic heterocycles. The second kappa shape index (κ2) is 3.57. The molecule has 0 radical (unpaired) electrons. The Hall–Kier alpha value is -1.36. The third-order valence-corrected chi connectivity index (χ3v) is 2.06. The van der Waals surface area contributed by atoms with Crippen molar-refractivity contribution in [1.82, 2.24) is 10.5 Å². The Morgan fingerprint density at radius 1 is 1.77 bits per heavy atom. The molecule has 5 nitrogen and oxygen atoms in total. The minimum absolute atomic E-state index is 0.0229. The van der Waals surface area contributed by atoms with Gasteiger partial charge in [0.05, 0.1) is 6.20 Å². The highest BCUT2D eigenvalue weighted by atomic mass is 16.5. The Morgan fingerprint density at radius 3 is 3.15 bits per heavy atom. The molecular weight excluding hydrogens is 170 g/mol. The largest absolute Gasteiger partial charge is 0.363 e. The number of nitrogens with one attached hydrogen (secondary N) is 2. The minimum Gasteiger partial charge on any atom is -0.363 e. The maximum atomic E-state index is 11.3. The van der Waals surface area contributed by atoms with Crippen molar-refractivity contribution >= 4 is 11.6 Å². The van der Waals surface area contributed by atoms with Gasteiger partial charge in [0.15, 0.2) is 0 Å². The Bertz CT molecular complexity index is 280. The fourth-order valence-electron chi connectivity index (χ4n) is 1.23. The molecule has 13 heavy (non-hydrogen) atoms. The van der Waals surface area contributed by atoms with E-state index in [9.17, 15) is 4.79 Å². The first kappa shape index (κ1) is 8.25. The van der Waals surface area contributed by atoms with Gasteiger partial charge in [0.25, 0.3) is 0 Å². The number of hydrogen-bond acceptors (Lipinski definition) is 4. The van der Waals surface area contributed by atoms with Crippen LogP contribution in [0, 0.1) is 5.92 Å². The summed E-state index contributed by atoms with van der Waals surface area (Å²) in [6.07, 6.45) is 3.46. The molecule has 2 heterocycles. The lowest BCUT2D eigenvalue weighted by Gasteiger charge is -2.26. The van der Waals surface area contributed by atoms with Crippen LogP contribution >= 0.6 is 0 Å². The molecule has 2 rings (SSSR count). The van der Waals surface area contributed by atoms with Gasteiger partial charge in [0.1, 0.15) is 12.0 Å². The van der Waals surface area contributed by atoms with Gasteiger partial charge in [-0.15, -0.1) is 0 Å². The molecular formula is C8H11N3O2. The normalized spacial score (nSPS) is 16.6. The van der Waals surface area contributed by atoms with E-state index in [-0.39, 0.29) is 5.91 Å². The van der Waals surface area contributed by atoms with Crippen LogP contribution in [0.25, 0.3) is 0 Å². The molecule has 2 N–H and O–H groups in total. The molecule has 0 bridgehead atoms. The first-order valence-electron chi connectivity index (χ1n) is 4.24. The molecule has 1 aromatic rings. The van der Waals surface area contributed by atoms with Gasteiger partial charge in [-0.25, -0.2) is 0 Å². The second-order valence-electron chi connectivity index (χ2n) is 3.19.